The lowest BCUT2D eigenvalue weighted by Gasteiger charge is -2.13. The number of ether oxygens (including phenoxy) is 1. The average molecular weight is 253 g/mol. The molecule has 0 atom stereocenters. The number of hydrogen-bond acceptors (Lipinski definition) is 4. The van der Waals surface area contributed by atoms with E-state index in [1.807, 2.05) is 0 Å². The SMILES string of the molecule is CN(C)NC(=O)Nc1ccc(OCC(=O)O)cc1. The summed E-state index contributed by atoms with van der Waals surface area (Å²) < 4.78 is 4.96. The van der Waals surface area contributed by atoms with Gasteiger partial charge in [-0.25, -0.2) is 14.6 Å². The summed E-state index contributed by atoms with van der Waals surface area (Å²) in [4.78, 5) is 21.6. The summed E-state index contributed by atoms with van der Waals surface area (Å²) in [7, 11) is 3.39. The number of anilines is 1. The van der Waals surface area contributed by atoms with Gasteiger partial charge in [0.25, 0.3) is 0 Å². The Morgan fingerprint density at radius 2 is 1.89 bits per heavy atom. The largest absolute Gasteiger partial charge is 0.482 e. The lowest BCUT2D eigenvalue weighted by molar-refractivity contribution is -0.139. The van der Waals surface area contributed by atoms with Gasteiger partial charge in [0.1, 0.15) is 5.75 Å². The van der Waals surface area contributed by atoms with E-state index >= 15 is 0 Å². The van der Waals surface area contributed by atoms with Gasteiger partial charge in [-0.15, -0.1) is 0 Å². The summed E-state index contributed by atoms with van der Waals surface area (Å²) in [5.74, 6) is -0.612. The predicted octanol–water partition coefficient (Wildman–Crippen LogP) is 0.748. The fraction of sp³-hybridized carbons (Fsp3) is 0.273. The van der Waals surface area contributed by atoms with E-state index in [2.05, 4.69) is 10.7 Å². The molecule has 0 aliphatic rings. The van der Waals surface area contributed by atoms with Crippen molar-refractivity contribution in [2.75, 3.05) is 26.0 Å². The average Bonchev–Trinajstić information content (AvgIpc) is 2.26. The number of aliphatic carboxylic acids is 1. The molecule has 1 aromatic carbocycles. The van der Waals surface area contributed by atoms with Crippen LogP contribution in [0.25, 0.3) is 0 Å². The molecule has 0 aliphatic carbocycles. The Morgan fingerprint density at radius 1 is 1.28 bits per heavy atom. The van der Waals surface area contributed by atoms with Gasteiger partial charge < -0.3 is 15.2 Å². The molecule has 2 amide bonds. The van der Waals surface area contributed by atoms with Crippen LogP contribution in [-0.4, -0.2) is 42.8 Å². The van der Waals surface area contributed by atoms with Crippen molar-refractivity contribution in [2.45, 2.75) is 0 Å². The highest BCUT2D eigenvalue weighted by Gasteiger charge is 2.03. The smallest absolute Gasteiger partial charge is 0.341 e. The second kappa shape index (κ2) is 6.45. The first-order valence-electron chi connectivity index (χ1n) is 5.17. The maximum absolute atomic E-state index is 11.3. The molecule has 7 heteroatoms. The van der Waals surface area contributed by atoms with Crippen LogP contribution in [0.15, 0.2) is 24.3 Å². The maximum Gasteiger partial charge on any atom is 0.341 e. The molecule has 0 unspecified atom stereocenters. The minimum Gasteiger partial charge on any atom is -0.482 e. The summed E-state index contributed by atoms with van der Waals surface area (Å²) in [6.07, 6.45) is 0. The monoisotopic (exact) mass is 253 g/mol. The Labute approximate surface area is 104 Å². The first-order valence-corrected chi connectivity index (χ1v) is 5.17. The molecule has 0 bridgehead atoms. The van der Waals surface area contributed by atoms with Crippen LogP contribution in [0.2, 0.25) is 0 Å². The van der Waals surface area contributed by atoms with Crippen molar-refractivity contribution in [1.29, 1.82) is 0 Å². The standard InChI is InChI=1S/C11H15N3O4/c1-14(2)13-11(17)12-8-3-5-9(6-4-8)18-7-10(15)16/h3-6H,7H2,1-2H3,(H,15,16)(H2,12,13,17). The molecule has 98 valence electrons. The molecular formula is C11H15N3O4. The van der Waals surface area contributed by atoms with Crippen molar-refractivity contribution >= 4 is 17.7 Å². The molecule has 0 saturated heterocycles. The number of nitrogens with one attached hydrogen (secondary N) is 2. The molecule has 0 heterocycles. The topological polar surface area (TPSA) is 90.9 Å². The van der Waals surface area contributed by atoms with Crippen LogP contribution < -0.4 is 15.5 Å². The van der Waals surface area contributed by atoms with Gasteiger partial charge in [-0.1, -0.05) is 0 Å². The number of benzene rings is 1. The minimum atomic E-state index is -1.04. The lowest BCUT2D eigenvalue weighted by atomic mass is 10.3. The highest BCUT2D eigenvalue weighted by Crippen LogP contribution is 2.15. The van der Waals surface area contributed by atoms with Gasteiger partial charge in [0.2, 0.25) is 0 Å². The zero-order valence-corrected chi connectivity index (χ0v) is 10.1. The summed E-state index contributed by atoms with van der Waals surface area (Å²) in [6, 6.07) is 6.03. The first-order chi connectivity index (χ1) is 8.47. The van der Waals surface area contributed by atoms with Gasteiger partial charge in [-0.3, -0.25) is 5.43 Å². The van der Waals surface area contributed by atoms with E-state index in [0.29, 0.717) is 11.4 Å². The third-order valence-corrected chi connectivity index (χ3v) is 1.80. The molecule has 0 spiro atoms. The number of urea groups is 1. The highest BCUT2D eigenvalue weighted by atomic mass is 16.5. The Kier molecular flexibility index (Phi) is 4.94. The fourth-order valence-electron chi connectivity index (χ4n) is 1.14. The number of nitrogens with zero attached hydrogens (tertiary/aromatic N) is 1. The van der Waals surface area contributed by atoms with Crippen LogP contribution >= 0.6 is 0 Å². The Morgan fingerprint density at radius 3 is 2.39 bits per heavy atom. The summed E-state index contributed by atoms with van der Waals surface area (Å²) in [5, 5.41) is 12.6. The van der Waals surface area contributed by atoms with E-state index in [-0.39, 0.29) is 6.03 Å². The second-order valence-corrected chi connectivity index (χ2v) is 3.67. The predicted molar refractivity (Wildman–Crippen MR) is 65.4 cm³/mol. The maximum atomic E-state index is 11.3. The van der Waals surface area contributed by atoms with E-state index in [9.17, 15) is 9.59 Å². The van der Waals surface area contributed by atoms with Gasteiger partial charge >= 0.3 is 12.0 Å². The van der Waals surface area contributed by atoms with Crippen molar-refractivity contribution < 1.29 is 19.4 Å². The Hall–Kier alpha value is -2.28. The van der Waals surface area contributed by atoms with E-state index in [1.54, 1.807) is 38.4 Å². The minimum absolute atomic E-state index is 0.362. The van der Waals surface area contributed by atoms with Crippen LogP contribution in [0.1, 0.15) is 0 Å². The number of amides is 2. The zero-order valence-electron chi connectivity index (χ0n) is 10.1. The zero-order chi connectivity index (χ0) is 13.5. The third kappa shape index (κ3) is 5.17. The van der Waals surface area contributed by atoms with E-state index < -0.39 is 12.6 Å². The second-order valence-electron chi connectivity index (χ2n) is 3.67. The molecular weight excluding hydrogens is 238 g/mol. The van der Waals surface area contributed by atoms with E-state index in [4.69, 9.17) is 9.84 Å². The number of carbonyl (C=O) groups is 2. The number of rotatable bonds is 5. The summed E-state index contributed by atoms with van der Waals surface area (Å²) in [5.41, 5.74) is 3.10. The third-order valence-electron chi connectivity index (χ3n) is 1.80. The van der Waals surface area contributed by atoms with Gasteiger partial charge in [-0.05, 0) is 24.3 Å². The molecule has 1 aromatic rings. The normalized spacial score (nSPS) is 9.94. The van der Waals surface area contributed by atoms with Crippen molar-refractivity contribution in [3.05, 3.63) is 24.3 Å². The first kappa shape index (κ1) is 13.8. The number of carbonyl (C=O) groups excluding carboxylic acids is 1. The van der Waals surface area contributed by atoms with Gasteiger partial charge in [0.05, 0.1) is 0 Å². The molecule has 0 radical (unpaired) electrons. The van der Waals surface area contributed by atoms with Crippen LogP contribution in [0.5, 0.6) is 5.75 Å². The van der Waals surface area contributed by atoms with Crippen LogP contribution in [0.3, 0.4) is 0 Å². The molecule has 1 rings (SSSR count). The van der Waals surface area contributed by atoms with Crippen molar-refractivity contribution in [2.24, 2.45) is 0 Å². The number of carboxylic acid groups (broad SMARTS) is 1. The molecule has 18 heavy (non-hydrogen) atoms. The summed E-state index contributed by atoms with van der Waals surface area (Å²) in [6.45, 7) is -0.395. The number of carboxylic acids is 1. The quantitative estimate of drug-likeness (QED) is 0.673. The van der Waals surface area contributed by atoms with Gasteiger partial charge in [0, 0.05) is 19.8 Å². The van der Waals surface area contributed by atoms with Gasteiger partial charge in [-0.2, -0.15) is 0 Å². The Bertz CT molecular complexity index is 417. The fourth-order valence-corrected chi connectivity index (χ4v) is 1.14. The van der Waals surface area contributed by atoms with Crippen LogP contribution in [0, 0.1) is 0 Å². The molecule has 7 nitrogen and oxygen atoms in total. The van der Waals surface area contributed by atoms with Crippen molar-refractivity contribution in [1.82, 2.24) is 10.4 Å². The van der Waals surface area contributed by atoms with E-state index in [0.717, 1.165) is 0 Å². The molecule has 0 aliphatic heterocycles. The molecule has 0 saturated carbocycles. The van der Waals surface area contributed by atoms with Crippen molar-refractivity contribution in [3.63, 3.8) is 0 Å². The number of hydrazine groups is 1. The van der Waals surface area contributed by atoms with Gasteiger partial charge in [0.15, 0.2) is 6.61 Å². The van der Waals surface area contributed by atoms with Crippen LogP contribution in [-0.2, 0) is 4.79 Å². The van der Waals surface area contributed by atoms with Crippen LogP contribution in [0.4, 0.5) is 10.5 Å². The molecule has 0 fully saturated rings. The highest BCUT2D eigenvalue weighted by molar-refractivity contribution is 5.88. The lowest BCUT2D eigenvalue weighted by Crippen LogP contribution is -2.39. The van der Waals surface area contributed by atoms with Crippen molar-refractivity contribution in [3.8, 4) is 5.75 Å². The number of hydrogen-bond donors (Lipinski definition) is 3. The molecule has 3 N–H and O–H groups in total. The Balaban J connectivity index is 2.49. The summed E-state index contributed by atoms with van der Waals surface area (Å²) >= 11 is 0. The molecule has 0 aromatic heterocycles. The van der Waals surface area contributed by atoms with E-state index in [1.165, 1.54) is 5.01 Å².